The fourth-order valence-corrected chi connectivity index (χ4v) is 3.34. The van der Waals surface area contributed by atoms with Gasteiger partial charge in [0.25, 0.3) is 5.91 Å². The van der Waals surface area contributed by atoms with Crippen molar-refractivity contribution in [3.63, 3.8) is 0 Å². The van der Waals surface area contributed by atoms with Crippen LogP contribution in [0, 0.1) is 0 Å². The van der Waals surface area contributed by atoms with Crippen molar-refractivity contribution in [3.8, 4) is 5.75 Å². The first-order valence-corrected chi connectivity index (χ1v) is 10.3. The number of carbonyl (C=O) groups is 2. The fraction of sp³-hybridized carbons (Fsp3) is 0.167. The Morgan fingerprint density at radius 3 is 2.61 bits per heavy atom. The van der Waals surface area contributed by atoms with Crippen LogP contribution in [-0.2, 0) is 11.2 Å². The van der Waals surface area contributed by atoms with Crippen LogP contribution in [0.25, 0.3) is 10.9 Å². The van der Waals surface area contributed by atoms with Gasteiger partial charge in [-0.15, -0.1) is 0 Å². The average molecular weight is 445 g/mol. The molecule has 3 N–H and O–H groups in total. The average Bonchev–Trinajstić information content (AvgIpc) is 3.37. The fourth-order valence-electron chi connectivity index (χ4n) is 3.34. The molecule has 0 aliphatic heterocycles. The van der Waals surface area contributed by atoms with Crippen molar-refractivity contribution < 1.29 is 19.1 Å². The summed E-state index contributed by atoms with van der Waals surface area (Å²) in [6.45, 7) is 0.157. The van der Waals surface area contributed by atoms with E-state index in [-0.39, 0.29) is 18.1 Å². The van der Waals surface area contributed by atoms with Crippen LogP contribution in [0.4, 0.5) is 11.4 Å². The molecule has 0 saturated heterocycles. The molecule has 1 amide bonds. The van der Waals surface area contributed by atoms with Crippen LogP contribution in [-0.4, -0.2) is 47.6 Å². The number of hydrogen-bond acceptors (Lipinski definition) is 7. The number of fused-ring (bicyclic) bond motifs is 1. The first-order valence-electron chi connectivity index (χ1n) is 10.3. The van der Waals surface area contributed by atoms with Crippen LogP contribution in [0.3, 0.4) is 0 Å². The lowest BCUT2D eigenvalue weighted by atomic mass is 10.1. The Balaban J connectivity index is 1.70. The number of benzene rings is 2. The van der Waals surface area contributed by atoms with Crippen molar-refractivity contribution in [2.45, 2.75) is 6.42 Å². The summed E-state index contributed by atoms with van der Waals surface area (Å²) in [6.07, 6.45) is 5.29. The van der Waals surface area contributed by atoms with Gasteiger partial charge in [-0.05, 0) is 42.5 Å². The molecule has 0 aliphatic rings. The lowest BCUT2D eigenvalue weighted by Crippen LogP contribution is -2.17. The minimum Gasteiger partial charge on any atom is -0.497 e. The number of H-pyrrole nitrogens is 1. The Kier molecular flexibility index (Phi) is 6.49. The molecule has 0 unspecified atom stereocenters. The maximum atomic E-state index is 13.0. The molecule has 0 atom stereocenters. The summed E-state index contributed by atoms with van der Waals surface area (Å²) in [5, 5.41) is 6.52. The van der Waals surface area contributed by atoms with Crippen LogP contribution in [0.1, 0.15) is 26.5 Å². The number of nitrogens with one attached hydrogen (secondary N) is 3. The zero-order valence-corrected chi connectivity index (χ0v) is 18.2. The van der Waals surface area contributed by atoms with Gasteiger partial charge in [-0.25, -0.2) is 9.78 Å². The molecule has 0 radical (unpaired) electrons. The van der Waals surface area contributed by atoms with Crippen molar-refractivity contribution in [2.24, 2.45) is 0 Å². The molecule has 168 valence electrons. The van der Waals surface area contributed by atoms with Crippen molar-refractivity contribution in [1.82, 2.24) is 20.3 Å². The van der Waals surface area contributed by atoms with Gasteiger partial charge >= 0.3 is 5.97 Å². The molecular formula is C24H23N5O4. The zero-order chi connectivity index (χ0) is 23.2. The molecule has 4 aromatic rings. The van der Waals surface area contributed by atoms with Gasteiger partial charge in [0.05, 0.1) is 24.9 Å². The Morgan fingerprint density at radius 1 is 1.09 bits per heavy atom. The molecule has 9 nitrogen and oxygen atoms in total. The molecule has 9 heteroatoms. The van der Waals surface area contributed by atoms with E-state index < -0.39 is 5.97 Å². The number of pyridine rings is 1. The third kappa shape index (κ3) is 4.93. The maximum absolute atomic E-state index is 13.0. The van der Waals surface area contributed by atoms with Crippen LogP contribution >= 0.6 is 0 Å². The summed E-state index contributed by atoms with van der Waals surface area (Å²) in [4.78, 5) is 36.7. The Morgan fingerprint density at radius 2 is 1.91 bits per heavy atom. The molecule has 0 saturated carbocycles. The predicted octanol–water partition coefficient (Wildman–Crippen LogP) is 3.47. The smallest absolute Gasteiger partial charge is 0.341 e. The van der Waals surface area contributed by atoms with Crippen LogP contribution in [0.5, 0.6) is 5.75 Å². The maximum Gasteiger partial charge on any atom is 0.341 e. The summed E-state index contributed by atoms with van der Waals surface area (Å²) in [5.41, 5.74) is 2.57. The number of carbonyl (C=O) groups excluding carboxylic acids is 2. The second-order valence-corrected chi connectivity index (χ2v) is 7.13. The minimum atomic E-state index is -0.530. The van der Waals surface area contributed by atoms with E-state index in [2.05, 4.69) is 25.6 Å². The van der Waals surface area contributed by atoms with E-state index in [1.807, 2.05) is 24.3 Å². The summed E-state index contributed by atoms with van der Waals surface area (Å²) < 4.78 is 10.7. The van der Waals surface area contributed by atoms with Crippen molar-refractivity contribution in [1.29, 1.82) is 0 Å². The standard InChI is InChI=1S/C24H23N5O4/c1-25-23(30)15-3-8-20-18(13-15)22(29-16-4-6-17(32-2)7-5-16)19(14-28-20)24(31)33-12-9-21-26-10-11-27-21/h3-8,10-11,13-14H,9,12H2,1-2H3,(H,25,30)(H,26,27)(H,28,29). The number of hydrogen-bond donors (Lipinski definition) is 3. The number of imidazole rings is 1. The third-order valence-electron chi connectivity index (χ3n) is 5.06. The van der Waals surface area contributed by atoms with Gasteiger partial charge < -0.3 is 25.1 Å². The normalized spacial score (nSPS) is 10.6. The molecule has 0 aliphatic carbocycles. The molecule has 2 aromatic carbocycles. The number of anilines is 2. The quantitative estimate of drug-likeness (QED) is 0.355. The number of aromatic amines is 1. The van der Waals surface area contributed by atoms with Crippen molar-refractivity contribution in [2.75, 3.05) is 26.1 Å². The minimum absolute atomic E-state index is 0.157. The van der Waals surface area contributed by atoms with E-state index in [0.29, 0.717) is 34.3 Å². The molecule has 0 bridgehead atoms. The van der Waals surface area contributed by atoms with Crippen LogP contribution in [0.2, 0.25) is 0 Å². The van der Waals surface area contributed by atoms with Gasteiger partial charge in [0.15, 0.2) is 0 Å². The lowest BCUT2D eigenvalue weighted by molar-refractivity contribution is 0.0508. The van der Waals surface area contributed by atoms with E-state index in [9.17, 15) is 9.59 Å². The molecule has 4 rings (SSSR count). The number of esters is 1. The second kappa shape index (κ2) is 9.82. The van der Waals surface area contributed by atoms with Gasteiger partial charge in [-0.2, -0.15) is 0 Å². The Labute approximate surface area is 190 Å². The van der Waals surface area contributed by atoms with Gasteiger partial charge in [0.1, 0.15) is 17.1 Å². The van der Waals surface area contributed by atoms with E-state index in [0.717, 1.165) is 11.5 Å². The van der Waals surface area contributed by atoms with Crippen LogP contribution in [0.15, 0.2) is 61.1 Å². The largest absolute Gasteiger partial charge is 0.497 e. The van der Waals surface area contributed by atoms with E-state index in [4.69, 9.17) is 9.47 Å². The predicted molar refractivity (Wildman–Crippen MR) is 124 cm³/mol. The van der Waals surface area contributed by atoms with E-state index >= 15 is 0 Å². The van der Waals surface area contributed by atoms with Crippen molar-refractivity contribution >= 4 is 34.2 Å². The highest BCUT2D eigenvalue weighted by molar-refractivity contribution is 6.08. The van der Waals surface area contributed by atoms with E-state index in [1.165, 1.54) is 6.20 Å². The van der Waals surface area contributed by atoms with Gasteiger partial charge in [-0.1, -0.05) is 0 Å². The number of methoxy groups -OCH3 is 1. The van der Waals surface area contributed by atoms with Gasteiger partial charge in [-0.3, -0.25) is 9.78 Å². The lowest BCUT2D eigenvalue weighted by Gasteiger charge is -2.15. The summed E-state index contributed by atoms with van der Waals surface area (Å²) >= 11 is 0. The third-order valence-corrected chi connectivity index (χ3v) is 5.06. The molecular weight excluding hydrogens is 422 g/mol. The first kappa shape index (κ1) is 21.8. The Hall–Kier alpha value is -4.40. The monoisotopic (exact) mass is 445 g/mol. The molecule has 0 spiro atoms. The SMILES string of the molecule is CNC(=O)c1ccc2ncc(C(=O)OCCc3ncc[nH]3)c(Nc3ccc(OC)cc3)c2c1. The second-order valence-electron chi connectivity index (χ2n) is 7.13. The first-order chi connectivity index (χ1) is 16.1. The zero-order valence-electron chi connectivity index (χ0n) is 18.2. The van der Waals surface area contributed by atoms with Crippen molar-refractivity contribution in [3.05, 3.63) is 78.0 Å². The highest BCUT2D eigenvalue weighted by Crippen LogP contribution is 2.31. The topological polar surface area (TPSA) is 118 Å². The van der Waals surface area contributed by atoms with Gasteiger partial charge in [0.2, 0.25) is 0 Å². The number of ether oxygens (including phenoxy) is 2. The summed E-state index contributed by atoms with van der Waals surface area (Å²) in [6, 6.07) is 12.4. The molecule has 0 fully saturated rings. The Bertz CT molecular complexity index is 1270. The highest BCUT2D eigenvalue weighted by atomic mass is 16.5. The molecule has 2 heterocycles. The van der Waals surface area contributed by atoms with Crippen LogP contribution < -0.4 is 15.4 Å². The number of rotatable bonds is 8. The number of amides is 1. The summed E-state index contributed by atoms with van der Waals surface area (Å²) in [7, 11) is 3.16. The summed E-state index contributed by atoms with van der Waals surface area (Å²) in [5.74, 6) is 0.668. The number of aromatic nitrogens is 3. The highest BCUT2D eigenvalue weighted by Gasteiger charge is 2.19. The van der Waals surface area contributed by atoms with E-state index in [1.54, 1.807) is 44.8 Å². The molecule has 2 aromatic heterocycles. The molecule has 33 heavy (non-hydrogen) atoms. The van der Waals surface area contributed by atoms with Gasteiger partial charge in [0, 0.05) is 48.7 Å². The number of nitrogens with zero attached hydrogens (tertiary/aromatic N) is 2.